The Morgan fingerprint density at radius 3 is 1.25 bits per heavy atom. The van der Waals surface area contributed by atoms with Gasteiger partial charge in [-0.2, -0.15) is 44.4 Å². The van der Waals surface area contributed by atoms with E-state index in [0.717, 1.165) is 26.2 Å². The molecular formula is C16H32N3V-3. The zero-order chi connectivity index (χ0) is 16.1. The first-order valence-electron chi connectivity index (χ1n) is 7.37. The van der Waals surface area contributed by atoms with Crippen molar-refractivity contribution >= 4 is 0 Å². The minimum atomic E-state index is 0.481. The summed E-state index contributed by atoms with van der Waals surface area (Å²) in [7, 11) is 0. The van der Waals surface area contributed by atoms with Gasteiger partial charge in [0.05, 0.1) is 0 Å². The molecule has 0 saturated heterocycles. The zero-order valence-corrected chi connectivity index (χ0v) is 15.5. The molecule has 0 unspecified atom stereocenters. The molecule has 0 radical (unpaired) electrons. The van der Waals surface area contributed by atoms with E-state index in [1.807, 2.05) is 71.9 Å². The first-order valence-corrected chi connectivity index (χ1v) is 8.00. The Labute approximate surface area is 136 Å². The third-order valence-corrected chi connectivity index (χ3v) is 2.40. The van der Waals surface area contributed by atoms with Crippen LogP contribution in [0.1, 0.15) is 41.5 Å². The Bertz CT molecular complexity index is 196. The molecule has 0 aliphatic heterocycles. The van der Waals surface area contributed by atoms with E-state index in [9.17, 15) is 0 Å². The van der Waals surface area contributed by atoms with E-state index >= 15 is 0 Å². The molecule has 0 bridgehead atoms. The maximum atomic E-state index is 3.97. The van der Waals surface area contributed by atoms with Gasteiger partial charge >= 0.3 is 40.9 Å². The van der Waals surface area contributed by atoms with Crippen LogP contribution < -0.4 is 0 Å². The molecule has 1 aromatic carbocycles. The molecule has 0 aliphatic carbocycles. The van der Waals surface area contributed by atoms with Gasteiger partial charge in [0.15, 0.2) is 0 Å². The molecule has 1 aromatic rings. The van der Waals surface area contributed by atoms with Crippen molar-refractivity contribution in [3.8, 4) is 0 Å². The normalized spacial score (nSPS) is 8.30. The number of hydrogen-bond donors (Lipinski definition) is 0. The van der Waals surface area contributed by atoms with E-state index in [1.54, 1.807) is 0 Å². The molecule has 0 fully saturated rings. The maximum absolute atomic E-state index is 3.97. The molecule has 0 aromatic heterocycles. The van der Waals surface area contributed by atoms with Crippen LogP contribution in [0.25, 0.3) is 10.6 Å². The van der Waals surface area contributed by atoms with Crippen LogP contribution in [0.4, 0.5) is 0 Å². The molecular weight excluding hydrogens is 285 g/mol. The third kappa shape index (κ3) is 43.1. The first kappa shape index (κ1) is 24.7. The predicted octanol–water partition coefficient (Wildman–Crippen LogP) is 5.33. The van der Waals surface area contributed by atoms with E-state index in [2.05, 4.69) is 31.7 Å². The van der Waals surface area contributed by atoms with Crippen molar-refractivity contribution in [1.29, 1.82) is 0 Å². The predicted molar refractivity (Wildman–Crippen MR) is 88.5 cm³/mol. The quantitative estimate of drug-likeness (QED) is 0.659. The standard InChI is InChI=1S/C5H5.2C4H10N.C3H7N.V/c1-2-4-5-3-1;2*1-3-5-4-2;1-3(2)4;/h1-5H;2*3-4H2,1-2H3;3H,1-2H3;/q3*-1;;. The van der Waals surface area contributed by atoms with Crippen LogP contribution in [0.2, 0.25) is 0 Å². The van der Waals surface area contributed by atoms with E-state index in [4.69, 9.17) is 0 Å². The molecule has 3 nitrogen and oxygen atoms in total. The molecule has 0 atom stereocenters. The van der Waals surface area contributed by atoms with Gasteiger partial charge in [-0.1, -0.05) is 27.7 Å². The summed E-state index contributed by atoms with van der Waals surface area (Å²) in [6.07, 6.45) is 0. The van der Waals surface area contributed by atoms with Crippen molar-refractivity contribution in [2.24, 2.45) is 3.79 Å². The Kier molecular flexibility index (Phi) is 33.4. The average molecular weight is 317 g/mol. The molecule has 0 N–H and O–H groups in total. The molecule has 1 rings (SSSR count). The van der Waals surface area contributed by atoms with Crippen molar-refractivity contribution < 1.29 is 17.2 Å². The van der Waals surface area contributed by atoms with Gasteiger partial charge in [0, 0.05) is 0 Å². The molecule has 20 heavy (non-hydrogen) atoms. The number of rotatable bonds is 5. The molecule has 0 aliphatic rings. The Hall–Kier alpha value is -0.346. The summed E-state index contributed by atoms with van der Waals surface area (Å²) in [4.78, 5) is 0. The van der Waals surface area contributed by atoms with Crippen molar-refractivity contribution in [2.75, 3.05) is 26.2 Å². The minimum Gasteiger partial charge on any atom is -0.663 e. The van der Waals surface area contributed by atoms with Crippen LogP contribution in [-0.4, -0.2) is 32.2 Å². The van der Waals surface area contributed by atoms with Crippen LogP contribution in [0.5, 0.6) is 0 Å². The summed E-state index contributed by atoms with van der Waals surface area (Å²) in [5, 5.41) is 7.94. The molecule has 119 valence electrons. The van der Waals surface area contributed by atoms with Gasteiger partial charge in [-0.15, -0.1) is 0 Å². The van der Waals surface area contributed by atoms with Gasteiger partial charge in [0.1, 0.15) is 0 Å². The third-order valence-electron chi connectivity index (χ3n) is 1.68. The second kappa shape index (κ2) is 27.1. The second-order valence-corrected chi connectivity index (χ2v) is 4.24. The van der Waals surface area contributed by atoms with Crippen LogP contribution in [0.15, 0.2) is 34.1 Å². The van der Waals surface area contributed by atoms with Crippen LogP contribution >= 0.6 is 0 Å². The molecule has 0 amide bonds. The van der Waals surface area contributed by atoms with Gasteiger partial charge < -0.3 is 10.6 Å². The summed E-state index contributed by atoms with van der Waals surface area (Å²) in [6.45, 7) is 16.1. The fourth-order valence-corrected chi connectivity index (χ4v) is 0.768. The van der Waals surface area contributed by atoms with Gasteiger partial charge in [-0.3, -0.25) is 0 Å². The average Bonchev–Trinajstić information content (AvgIpc) is 3.01. The van der Waals surface area contributed by atoms with Crippen molar-refractivity contribution in [2.45, 2.75) is 47.6 Å². The molecule has 0 saturated carbocycles. The first-order chi connectivity index (χ1) is 9.60. The summed E-state index contributed by atoms with van der Waals surface area (Å²) in [6, 6.07) is 10.5. The van der Waals surface area contributed by atoms with Gasteiger partial charge in [0.25, 0.3) is 0 Å². The topological polar surface area (TPSA) is 40.6 Å². The summed E-state index contributed by atoms with van der Waals surface area (Å²) in [5.41, 5.74) is 0. The van der Waals surface area contributed by atoms with Crippen LogP contribution in [-0.2, 0) is 17.2 Å². The number of hydrogen-bond acceptors (Lipinski definition) is 1. The second-order valence-electron chi connectivity index (χ2n) is 3.88. The van der Waals surface area contributed by atoms with E-state index in [1.165, 1.54) is 0 Å². The van der Waals surface area contributed by atoms with E-state index < -0.39 is 0 Å². The summed E-state index contributed by atoms with van der Waals surface area (Å²) < 4.78 is 3.83. The fourth-order valence-electron chi connectivity index (χ4n) is 0.768. The SMILES string of the molecule is CC(C)[N]=[V].CC[N-]CC.CC[N-]CC.c1cc[cH-]c1. The van der Waals surface area contributed by atoms with Crippen LogP contribution in [0.3, 0.4) is 0 Å². The smallest absolute Gasteiger partial charge is 0.0844 e. The monoisotopic (exact) mass is 317 g/mol. The van der Waals surface area contributed by atoms with Crippen LogP contribution in [0, 0.1) is 0 Å². The zero-order valence-electron chi connectivity index (χ0n) is 14.1. The van der Waals surface area contributed by atoms with Gasteiger partial charge in [0.2, 0.25) is 0 Å². The van der Waals surface area contributed by atoms with E-state index in [0.29, 0.717) is 6.04 Å². The molecule has 0 heterocycles. The summed E-state index contributed by atoms with van der Waals surface area (Å²) >= 11 is 2.20. The molecule has 0 spiro atoms. The van der Waals surface area contributed by atoms with Crippen molar-refractivity contribution in [1.82, 2.24) is 0 Å². The minimum absolute atomic E-state index is 0.481. The molecule has 4 heteroatoms. The van der Waals surface area contributed by atoms with Crippen molar-refractivity contribution in [3.63, 3.8) is 0 Å². The fraction of sp³-hybridized carbons (Fsp3) is 0.688. The Morgan fingerprint density at radius 2 is 1.20 bits per heavy atom. The Morgan fingerprint density at radius 1 is 0.900 bits per heavy atom. The van der Waals surface area contributed by atoms with Crippen molar-refractivity contribution in [3.05, 3.63) is 41.0 Å². The number of nitrogens with zero attached hydrogens (tertiary/aromatic N) is 3. The van der Waals surface area contributed by atoms with Gasteiger partial charge in [-0.05, 0) is 0 Å². The Balaban J connectivity index is -0.000000193. The van der Waals surface area contributed by atoms with E-state index in [-0.39, 0.29) is 0 Å². The summed E-state index contributed by atoms with van der Waals surface area (Å²) in [5.74, 6) is 0. The maximum Gasteiger partial charge on any atom is -0.0844 e. The van der Waals surface area contributed by atoms with Gasteiger partial charge in [-0.25, -0.2) is 12.1 Å². The largest absolute Gasteiger partial charge is 0.663 e.